The minimum Gasteiger partial charge on any atom is -0.486 e. The van der Waals surface area contributed by atoms with Crippen molar-refractivity contribution in [2.45, 2.75) is 57.3 Å². The predicted molar refractivity (Wildman–Crippen MR) is 128 cm³/mol. The third-order valence-electron chi connectivity index (χ3n) is 7.75. The average molecular weight is 473 g/mol. The summed E-state index contributed by atoms with van der Waals surface area (Å²) in [6, 6.07) is 5.35. The maximum absolute atomic E-state index is 15.2. The van der Waals surface area contributed by atoms with E-state index < -0.39 is 23.3 Å². The third kappa shape index (κ3) is 4.94. The molecule has 4 unspecified atom stereocenters. The van der Waals surface area contributed by atoms with E-state index in [9.17, 15) is 8.78 Å². The molecule has 2 aliphatic rings. The molecule has 4 atom stereocenters. The lowest BCUT2D eigenvalue weighted by Crippen LogP contribution is -2.30. The number of benzene rings is 2. The lowest BCUT2D eigenvalue weighted by Gasteiger charge is -2.42. The second-order valence-electron chi connectivity index (χ2n) is 9.74. The SMILES string of the molecule is C=CCCC1CCC2CC(c3ccc(-c4ccc(OCC=C)c(F)c4F)c(F)c3F)CCC2C1. The van der Waals surface area contributed by atoms with Gasteiger partial charge in [0.05, 0.1) is 0 Å². The van der Waals surface area contributed by atoms with Gasteiger partial charge >= 0.3 is 0 Å². The number of rotatable bonds is 8. The monoisotopic (exact) mass is 472 g/mol. The number of hydrogen-bond donors (Lipinski definition) is 0. The maximum Gasteiger partial charge on any atom is 0.201 e. The fraction of sp³-hybridized carbons (Fsp3) is 0.448. The minimum absolute atomic E-state index is 0.00606. The van der Waals surface area contributed by atoms with E-state index in [-0.39, 0.29) is 29.4 Å². The van der Waals surface area contributed by atoms with Crippen LogP contribution >= 0.6 is 0 Å². The molecule has 2 aliphatic carbocycles. The number of allylic oxidation sites excluding steroid dienone is 1. The van der Waals surface area contributed by atoms with Crippen LogP contribution in [0.3, 0.4) is 0 Å². The van der Waals surface area contributed by atoms with E-state index in [0.717, 1.165) is 38.0 Å². The van der Waals surface area contributed by atoms with Crippen LogP contribution in [0.4, 0.5) is 17.6 Å². The summed E-state index contributed by atoms with van der Waals surface area (Å²) in [7, 11) is 0. The van der Waals surface area contributed by atoms with E-state index >= 15 is 8.78 Å². The Morgan fingerprint density at radius 2 is 1.44 bits per heavy atom. The zero-order valence-corrected chi connectivity index (χ0v) is 19.5. The van der Waals surface area contributed by atoms with Crippen LogP contribution in [0.1, 0.15) is 62.8 Å². The first-order valence-corrected chi connectivity index (χ1v) is 12.2. The molecule has 2 aromatic carbocycles. The molecule has 182 valence electrons. The van der Waals surface area contributed by atoms with E-state index in [1.54, 1.807) is 6.07 Å². The fourth-order valence-electron chi connectivity index (χ4n) is 5.97. The van der Waals surface area contributed by atoms with Crippen LogP contribution in [0.15, 0.2) is 49.6 Å². The molecule has 0 heterocycles. The second-order valence-corrected chi connectivity index (χ2v) is 9.74. The van der Waals surface area contributed by atoms with E-state index in [1.807, 2.05) is 6.08 Å². The Morgan fingerprint density at radius 3 is 2.18 bits per heavy atom. The molecule has 2 aromatic rings. The van der Waals surface area contributed by atoms with Crippen molar-refractivity contribution in [1.82, 2.24) is 0 Å². The Morgan fingerprint density at radius 1 is 0.765 bits per heavy atom. The third-order valence-corrected chi connectivity index (χ3v) is 7.75. The van der Waals surface area contributed by atoms with E-state index in [2.05, 4.69) is 13.2 Å². The van der Waals surface area contributed by atoms with E-state index in [1.165, 1.54) is 43.5 Å². The Labute approximate surface area is 199 Å². The number of fused-ring (bicyclic) bond motifs is 1. The van der Waals surface area contributed by atoms with Gasteiger partial charge in [-0.05, 0) is 86.3 Å². The zero-order valence-electron chi connectivity index (χ0n) is 19.5. The van der Waals surface area contributed by atoms with Crippen LogP contribution in [-0.4, -0.2) is 6.61 Å². The first-order chi connectivity index (χ1) is 16.4. The summed E-state index contributed by atoms with van der Waals surface area (Å²) in [6.45, 7) is 7.29. The van der Waals surface area contributed by atoms with Gasteiger partial charge in [-0.25, -0.2) is 13.2 Å². The summed E-state index contributed by atoms with van der Waals surface area (Å²) in [5.41, 5.74) is -0.266. The zero-order chi connectivity index (χ0) is 24.2. The number of hydrogen-bond acceptors (Lipinski definition) is 1. The molecule has 1 nitrogen and oxygen atoms in total. The second kappa shape index (κ2) is 10.8. The van der Waals surface area contributed by atoms with Gasteiger partial charge in [0, 0.05) is 11.1 Å². The van der Waals surface area contributed by atoms with Crippen LogP contribution in [0.2, 0.25) is 0 Å². The topological polar surface area (TPSA) is 9.23 Å². The van der Waals surface area contributed by atoms with Crippen molar-refractivity contribution in [2.75, 3.05) is 6.61 Å². The first kappa shape index (κ1) is 24.6. The fourth-order valence-corrected chi connectivity index (χ4v) is 5.97. The minimum atomic E-state index is -1.26. The predicted octanol–water partition coefficient (Wildman–Crippen LogP) is 8.74. The van der Waals surface area contributed by atoms with E-state index in [4.69, 9.17) is 4.74 Å². The lowest BCUT2D eigenvalue weighted by molar-refractivity contribution is 0.114. The Bertz CT molecular complexity index is 1050. The highest BCUT2D eigenvalue weighted by molar-refractivity contribution is 5.66. The highest BCUT2D eigenvalue weighted by Gasteiger charge is 2.37. The maximum atomic E-state index is 15.2. The number of ether oxygens (including phenoxy) is 1. The summed E-state index contributed by atoms with van der Waals surface area (Å²) in [5.74, 6) is -2.99. The molecule has 2 fully saturated rings. The summed E-state index contributed by atoms with van der Waals surface area (Å²) in [4.78, 5) is 0. The van der Waals surface area contributed by atoms with Gasteiger partial charge in [0.1, 0.15) is 6.61 Å². The summed E-state index contributed by atoms with van der Waals surface area (Å²) in [5, 5.41) is 0. The molecular formula is C29H32F4O. The summed E-state index contributed by atoms with van der Waals surface area (Å²) < 4.78 is 64.4. The average Bonchev–Trinajstić information content (AvgIpc) is 2.85. The molecule has 0 N–H and O–H groups in total. The van der Waals surface area contributed by atoms with Crippen molar-refractivity contribution in [2.24, 2.45) is 17.8 Å². The molecule has 0 spiro atoms. The molecule has 34 heavy (non-hydrogen) atoms. The Kier molecular flexibility index (Phi) is 7.80. The Hall–Kier alpha value is -2.56. The van der Waals surface area contributed by atoms with Crippen LogP contribution < -0.4 is 4.74 Å². The molecule has 0 aliphatic heterocycles. The molecule has 0 aromatic heterocycles. The Balaban J connectivity index is 1.51. The van der Waals surface area contributed by atoms with Gasteiger partial charge in [0.25, 0.3) is 0 Å². The normalized spacial score (nSPS) is 24.4. The molecule has 0 saturated heterocycles. The van der Waals surface area contributed by atoms with Gasteiger partial charge in [0.2, 0.25) is 5.82 Å². The molecule has 0 amide bonds. The highest BCUT2D eigenvalue weighted by Crippen LogP contribution is 2.49. The van der Waals surface area contributed by atoms with Gasteiger partial charge in [-0.2, -0.15) is 4.39 Å². The van der Waals surface area contributed by atoms with Crippen molar-refractivity contribution in [3.8, 4) is 16.9 Å². The quantitative estimate of drug-likeness (QED) is 0.276. The van der Waals surface area contributed by atoms with Crippen LogP contribution in [0, 0.1) is 41.0 Å². The van der Waals surface area contributed by atoms with Crippen molar-refractivity contribution >= 4 is 0 Å². The van der Waals surface area contributed by atoms with Gasteiger partial charge in [-0.1, -0.05) is 37.3 Å². The van der Waals surface area contributed by atoms with Gasteiger partial charge in [-0.15, -0.1) is 6.58 Å². The van der Waals surface area contributed by atoms with Gasteiger partial charge in [-0.3, -0.25) is 0 Å². The number of halogens is 4. The highest BCUT2D eigenvalue weighted by atomic mass is 19.2. The van der Waals surface area contributed by atoms with Crippen LogP contribution in [0.5, 0.6) is 5.75 Å². The van der Waals surface area contributed by atoms with Crippen molar-refractivity contribution < 1.29 is 22.3 Å². The largest absolute Gasteiger partial charge is 0.486 e. The molecular weight excluding hydrogens is 440 g/mol. The molecule has 2 saturated carbocycles. The van der Waals surface area contributed by atoms with Gasteiger partial charge in [0.15, 0.2) is 23.2 Å². The molecule has 0 bridgehead atoms. The molecule has 5 heteroatoms. The lowest BCUT2D eigenvalue weighted by atomic mass is 9.63. The molecule has 4 rings (SSSR count). The summed E-state index contributed by atoms with van der Waals surface area (Å²) >= 11 is 0. The smallest absolute Gasteiger partial charge is 0.201 e. The summed E-state index contributed by atoms with van der Waals surface area (Å²) in [6.07, 6.45) is 11.9. The van der Waals surface area contributed by atoms with Crippen molar-refractivity contribution in [3.05, 3.63) is 78.4 Å². The first-order valence-electron chi connectivity index (χ1n) is 12.2. The standard InChI is InChI=1S/C29H32F4O/c1-3-5-6-18-7-8-20-17-21(10-9-19(20)16-18)22-11-12-23(27(31)26(22)30)24-13-14-25(34-15-4-2)29(33)28(24)32/h3-4,11-14,18-21H,1-2,5-10,15-17H2. The van der Waals surface area contributed by atoms with Crippen molar-refractivity contribution in [1.29, 1.82) is 0 Å². The van der Waals surface area contributed by atoms with E-state index in [0.29, 0.717) is 17.4 Å². The van der Waals surface area contributed by atoms with Crippen LogP contribution in [-0.2, 0) is 0 Å². The van der Waals surface area contributed by atoms with Crippen molar-refractivity contribution in [3.63, 3.8) is 0 Å². The molecule has 0 radical (unpaired) electrons. The van der Waals surface area contributed by atoms with Crippen LogP contribution in [0.25, 0.3) is 11.1 Å². The van der Waals surface area contributed by atoms with Gasteiger partial charge < -0.3 is 4.74 Å².